The molecule has 3 aromatic rings. The van der Waals surface area contributed by atoms with E-state index in [-0.39, 0.29) is 6.54 Å². The monoisotopic (exact) mass is 460 g/mol. The van der Waals surface area contributed by atoms with Crippen molar-refractivity contribution < 1.29 is 15.0 Å². The molecule has 5 nitrogen and oxygen atoms in total. The Morgan fingerprint density at radius 3 is 1.68 bits per heavy atom. The van der Waals surface area contributed by atoms with E-state index >= 15 is 0 Å². The molecule has 0 fully saturated rings. The molecule has 1 atom stereocenters. The molecular weight excluding hydrogens is 424 g/mol. The van der Waals surface area contributed by atoms with Crippen LogP contribution in [0.2, 0.25) is 0 Å². The molecule has 0 saturated carbocycles. The van der Waals surface area contributed by atoms with Crippen molar-refractivity contribution in [2.45, 2.75) is 44.9 Å². The van der Waals surface area contributed by atoms with Crippen LogP contribution >= 0.6 is 0 Å². The molecule has 0 aliphatic heterocycles. The summed E-state index contributed by atoms with van der Waals surface area (Å²) in [5, 5.41) is 21.0. The van der Waals surface area contributed by atoms with Gasteiger partial charge in [-0.3, -0.25) is 4.90 Å². The lowest BCUT2D eigenvalue weighted by Crippen LogP contribution is -2.50. The zero-order chi connectivity index (χ0) is 24.2. The van der Waals surface area contributed by atoms with Crippen molar-refractivity contribution in [3.8, 4) is 0 Å². The minimum absolute atomic E-state index is 0.0771. The van der Waals surface area contributed by atoms with E-state index in [1.54, 1.807) is 6.92 Å². The van der Waals surface area contributed by atoms with Crippen molar-refractivity contribution in [1.29, 1.82) is 0 Å². The van der Waals surface area contributed by atoms with Crippen LogP contribution in [0.4, 0.5) is 4.79 Å². The van der Waals surface area contributed by atoms with Crippen LogP contribution in [0.5, 0.6) is 0 Å². The van der Waals surface area contributed by atoms with Gasteiger partial charge >= 0.3 is 6.09 Å². The standard InChI is InChI=1S/C29H36N2O3/c1-29(34,24-31(28(32)33)20-12-11-15-25-13-5-2-6-14-25)23-30(21-26-16-7-3-8-17-26)22-27-18-9-4-10-19-27/h2-10,13-14,16-19,34H,11-12,15,20-24H2,1H3,(H,32,33)/t29-/m1/s1. The topological polar surface area (TPSA) is 64.0 Å². The van der Waals surface area contributed by atoms with Gasteiger partial charge in [-0.25, -0.2) is 4.79 Å². The number of hydrogen-bond donors (Lipinski definition) is 2. The first kappa shape index (κ1) is 25.5. The number of aliphatic hydroxyl groups is 1. The highest BCUT2D eigenvalue weighted by atomic mass is 16.4. The molecule has 34 heavy (non-hydrogen) atoms. The smallest absolute Gasteiger partial charge is 0.407 e. The predicted molar refractivity (Wildman–Crippen MR) is 137 cm³/mol. The third-order valence-corrected chi connectivity index (χ3v) is 5.85. The fraction of sp³-hybridized carbons (Fsp3) is 0.345. The molecule has 3 rings (SSSR count). The Labute approximate surface area is 203 Å². The number of amides is 1. The van der Waals surface area contributed by atoms with Gasteiger partial charge in [-0.2, -0.15) is 0 Å². The third-order valence-electron chi connectivity index (χ3n) is 5.85. The van der Waals surface area contributed by atoms with Crippen LogP contribution in [-0.4, -0.2) is 51.3 Å². The number of nitrogens with zero attached hydrogens (tertiary/aromatic N) is 2. The van der Waals surface area contributed by atoms with E-state index in [1.165, 1.54) is 10.5 Å². The summed E-state index contributed by atoms with van der Waals surface area (Å²) in [7, 11) is 0. The second-order valence-electron chi connectivity index (χ2n) is 9.26. The summed E-state index contributed by atoms with van der Waals surface area (Å²) in [6.07, 6.45) is 1.60. The van der Waals surface area contributed by atoms with Crippen molar-refractivity contribution in [3.63, 3.8) is 0 Å². The predicted octanol–water partition coefficient (Wildman–Crippen LogP) is 5.44. The number of rotatable bonds is 13. The lowest BCUT2D eigenvalue weighted by molar-refractivity contribution is -0.0113. The molecule has 0 heterocycles. The van der Waals surface area contributed by atoms with E-state index in [9.17, 15) is 15.0 Å². The molecular formula is C29H36N2O3. The molecule has 0 saturated heterocycles. The Hall–Kier alpha value is -3.15. The van der Waals surface area contributed by atoms with Crippen LogP contribution in [0.15, 0.2) is 91.0 Å². The van der Waals surface area contributed by atoms with Crippen molar-refractivity contribution >= 4 is 6.09 Å². The van der Waals surface area contributed by atoms with Crippen molar-refractivity contribution in [3.05, 3.63) is 108 Å². The van der Waals surface area contributed by atoms with Gasteiger partial charge in [0.05, 0.1) is 12.1 Å². The number of benzene rings is 3. The summed E-state index contributed by atoms with van der Waals surface area (Å²) in [6.45, 7) is 3.94. The molecule has 3 aromatic carbocycles. The Bertz CT molecular complexity index is 937. The van der Waals surface area contributed by atoms with Gasteiger partial charge in [-0.05, 0) is 42.9 Å². The molecule has 0 aromatic heterocycles. The summed E-state index contributed by atoms with van der Waals surface area (Å²) in [4.78, 5) is 15.4. The van der Waals surface area contributed by atoms with Gasteiger partial charge in [0.2, 0.25) is 0 Å². The van der Waals surface area contributed by atoms with Gasteiger partial charge in [0, 0.05) is 26.2 Å². The zero-order valence-corrected chi connectivity index (χ0v) is 20.0. The quantitative estimate of drug-likeness (QED) is 0.333. The summed E-state index contributed by atoms with van der Waals surface area (Å²) in [5.74, 6) is 0. The Morgan fingerprint density at radius 2 is 1.21 bits per heavy atom. The summed E-state index contributed by atoms with van der Waals surface area (Å²) >= 11 is 0. The minimum atomic E-state index is -1.18. The first-order valence-electron chi connectivity index (χ1n) is 12.0. The maximum atomic E-state index is 11.9. The molecule has 0 aliphatic rings. The molecule has 0 unspecified atom stereocenters. The van der Waals surface area contributed by atoms with Crippen LogP contribution in [0.3, 0.4) is 0 Å². The highest BCUT2D eigenvalue weighted by molar-refractivity contribution is 5.65. The van der Waals surface area contributed by atoms with E-state index in [2.05, 4.69) is 41.3 Å². The fourth-order valence-electron chi connectivity index (χ4n) is 4.31. The van der Waals surface area contributed by atoms with Crippen LogP contribution in [0.25, 0.3) is 0 Å². The molecule has 5 heteroatoms. The second-order valence-corrected chi connectivity index (χ2v) is 9.26. The highest BCUT2D eigenvalue weighted by Crippen LogP contribution is 2.17. The molecule has 1 amide bonds. The SMILES string of the molecule is C[C@@](O)(CN(Cc1ccccc1)Cc1ccccc1)CN(CCCCc1ccccc1)C(=O)O. The molecule has 0 radical (unpaired) electrons. The first-order valence-corrected chi connectivity index (χ1v) is 12.0. The van der Waals surface area contributed by atoms with Gasteiger partial charge in [0.15, 0.2) is 0 Å². The average Bonchev–Trinajstić information content (AvgIpc) is 2.82. The van der Waals surface area contributed by atoms with E-state index in [0.717, 1.165) is 30.4 Å². The van der Waals surface area contributed by atoms with E-state index in [0.29, 0.717) is 26.2 Å². The van der Waals surface area contributed by atoms with Crippen molar-refractivity contribution in [1.82, 2.24) is 9.80 Å². The van der Waals surface area contributed by atoms with Gasteiger partial charge in [0.25, 0.3) is 0 Å². The van der Waals surface area contributed by atoms with E-state index in [1.807, 2.05) is 54.6 Å². The number of carboxylic acid groups (broad SMARTS) is 1. The Kier molecular flexibility index (Phi) is 9.68. The van der Waals surface area contributed by atoms with E-state index in [4.69, 9.17) is 0 Å². The number of hydrogen-bond acceptors (Lipinski definition) is 3. The maximum Gasteiger partial charge on any atom is 0.407 e. The third kappa shape index (κ3) is 9.00. The lowest BCUT2D eigenvalue weighted by Gasteiger charge is -2.35. The van der Waals surface area contributed by atoms with Gasteiger partial charge in [-0.1, -0.05) is 91.0 Å². The zero-order valence-electron chi connectivity index (χ0n) is 20.0. The summed E-state index contributed by atoms with van der Waals surface area (Å²) < 4.78 is 0. The largest absolute Gasteiger partial charge is 0.465 e. The number of aryl methyl sites for hydroxylation is 1. The Balaban J connectivity index is 1.59. The van der Waals surface area contributed by atoms with Crippen molar-refractivity contribution in [2.75, 3.05) is 19.6 Å². The number of carbonyl (C=O) groups is 1. The first-order chi connectivity index (χ1) is 16.4. The van der Waals surface area contributed by atoms with Crippen LogP contribution < -0.4 is 0 Å². The summed E-state index contributed by atoms with van der Waals surface area (Å²) in [5.41, 5.74) is 2.39. The lowest BCUT2D eigenvalue weighted by atomic mass is 10.0. The molecule has 0 spiro atoms. The minimum Gasteiger partial charge on any atom is -0.465 e. The Morgan fingerprint density at radius 1 is 0.735 bits per heavy atom. The van der Waals surface area contributed by atoms with Crippen LogP contribution in [-0.2, 0) is 19.5 Å². The van der Waals surface area contributed by atoms with Gasteiger partial charge < -0.3 is 15.1 Å². The van der Waals surface area contributed by atoms with E-state index < -0.39 is 11.7 Å². The molecule has 0 bridgehead atoms. The normalized spacial score (nSPS) is 12.9. The van der Waals surface area contributed by atoms with Crippen LogP contribution in [0, 0.1) is 0 Å². The molecule has 180 valence electrons. The summed E-state index contributed by atoms with van der Waals surface area (Å²) in [6, 6.07) is 30.5. The van der Waals surface area contributed by atoms with Gasteiger partial charge in [-0.15, -0.1) is 0 Å². The average molecular weight is 461 g/mol. The van der Waals surface area contributed by atoms with Crippen molar-refractivity contribution in [2.24, 2.45) is 0 Å². The van der Waals surface area contributed by atoms with Crippen LogP contribution in [0.1, 0.15) is 36.5 Å². The molecule has 2 N–H and O–H groups in total. The van der Waals surface area contributed by atoms with Gasteiger partial charge in [0.1, 0.15) is 0 Å². The number of unbranched alkanes of at least 4 members (excludes halogenated alkanes) is 1. The highest BCUT2D eigenvalue weighted by Gasteiger charge is 2.29. The second kappa shape index (κ2) is 12.9. The molecule has 0 aliphatic carbocycles. The maximum absolute atomic E-state index is 11.9. The fourth-order valence-corrected chi connectivity index (χ4v) is 4.31.